The molecule has 1 aromatic carbocycles. The first-order valence-corrected chi connectivity index (χ1v) is 10.8. The quantitative estimate of drug-likeness (QED) is 0.347. The number of phenols is 1. The van der Waals surface area contributed by atoms with Crippen LogP contribution in [-0.2, 0) is 28.6 Å². The van der Waals surface area contributed by atoms with Gasteiger partial charge >= 0.3 is 23.9 Å². The molecule has 4 rings (SSSR count). The number of carbonyl (C=O) groups is 5. The van der Waals surface area contributed by atoms with Crippen molar-refractivity contribution in [3.63, 3.8) is 0 Å². The van der Waals surface area contributed by atoms with Crippen molar-refractivity contribution in [1.82, 2.24) is 0 Å². The summed E-state index contributed by atoms with van der Waals surface area (Å²) in [5.41, 5.74) is -3.87. The molecule has 0 aliphatic heterocycles. The smallest absolute Gasteiger partial charge is 0.369 e. The molecule has 0 amide bonds. The molecule has 0 fully saturated rings. The van der Waals surface area contributed by atoms with Gasteiger partial charge in [-0.1, -0.05) is 12.1 Å². The third-order valence-electron chi connectivity index (χ3n) is 6.34. The van der Waals surface area contributed by atoms with Gasteiger partial charge in [-0.3, -0.25) is 24.0 Å². The molecule has 1 aromatic rings. The molecule has 0 heterocycles. The van der Waals surface area contributed by atoms with E-state index in [1.54, 1.807) is 0 Å². The monoisotopic (exact) mass is 497 g/mol. The van der Waals surface area contributed by atoms with Crippen LogP contribution in [0.4, 0.5) is 0 Å². The van der Waals surface area contributed by atoms with Crippen molar-refractivity contribution in [3.8, 4) is 5.75 Å². The highest BCUT2D eigenvalue weighted by atomic mass is 16.6. The number of fused-ring (bicyclic) bond motifs is 2. The number of nitrogens with zero attached hydrogens (tertiary/aromatic N) is 2. The predicted octanol–water partition coefficient (Wildman–Crippen LogP) is 1.16. The molecule has 0 spiro atoms. The number of Topliss-reactive ketones (excluding diaryl/α,β-unsaturated/α-hetero) is 2. The molecule has 12 nitrogen and oxygen atoms in total. The average Bonchev–Trinajstić information content (AvgIpc) is 3.12. The minimum Gasteiger partial charge on any atom is -0.507 e. The highest BCUT2D eigenvalue weighted by molar-refractivity contribution is 6.31. The van der Waals surface area contributed by atoms with Crippen LogP contribution in [0.3, 0.4) is 0 Å². The number of ketones is 2. The normalized spacial score (nSPS) is 28.6. The van der Waals surface area contributed by atoms with Gasteiger partial charge in [0.2, 0.25) is 11.2 Å². The van der Waals surface area contributed by atoms with E-state index in [0.29, 0.717) is 0 Å². The fourth-order valence-corrected chi connectivity index (χ4v) is 5.09. The SMILES string of the molecule is CC(=O)O[C@@H]1C2=C(C3=C(C(=O)c4c(O)cccc4C3=O)C2[N+]#N)[C@H](OC(C)=O)[C@@H](OC(C)=O)[C@]1(C)O. The minimum atomic E-state index is -2.27. The number of diazo groups is 1. The lowest BCUT2D eigenvalue weighted by atomic mass is 9.73. The molecule has 0 aromatic heterocycles. The summed E-state index contributed by atoms with van der Waals surface area (Å²) >= 11 is 0. The van der Waals surface area contributed by atoms with Crippen LogP contribution in [0, 0.1) is 5.39 Å². The molecule has 0 bridgehead atoms. The first-order chi connectivity index (χ1) is 16.8. The van der Waals surface area contributed by atoms with Gasteiger partial charge in [0.15, 0.2) is 24.1 Å². The van der Waals surface area contributed by atoms with Gasteiger partial charge in [-0.15, -0.1) is 0 Å². The van der Waals surface area contributed by atoms with Gasteiger partial charge in [-0.25, -0.2) is 0 Å². The second kappa shape index (κ2) is 8.39. The van der Waals surface area contributed by atoms with Crippen LogP contribution in [0.1, 0.15) is 48.4 Å². The minimum absolute atomic E-state index is 0.170. The molecule has 12 heteroatoms. The number of benzene rings is 1. The number of phenolic OH excluding ortho intramolecular Hbond substituents is 1. The Bertz CT molecular complexity index is 1360. The summed E-state index contributed by atoms with van der Waals surface area (Å²) in [5, 5.41) is 31.8. The number of ether oxygens (including phenoxy) is 3. The van der Waals surface area contributed by atoms with Gasteiger partial charge in [0.1, 0.15) is 21.9 Å². The van der Waals surface area contributed by atoms with Crippen LogP contribution < -0.4 is 0 Å². The van der Waals surface area contributed by atoms with Crippen LogP contribution in [0.15, 0.2) is 40.5 Å². The standard InChI is InChI=1S/C24H20N2O10/c1-8(27)34-21-15-14-16(20(32)13-11(19(14)31)6-5-7-12(13)30)18(26-25)17(15)22(35-9(2)28)24(4,33)23(21)36-10(3)29/h5-7,18,21-23,33H,1-4H3/p+1/t18?,21-,22+,23+,24+/m0/s1. The number of hydrogen-bond acceptors (Lipinski definition) is 11. The van der Waals surface area contributed by atoms with Gasteiger partial charge < -0.3 is 24.4 Å². The molecule has 2 N–H and O–H groups in total. The van der Waals surface area contributed by atoms with Crippen LogP contribution in [-0.4, -0.2) is 69.6 Å². The number of hydrogen-bond donors (Lipinski definition) is 2. The van der Waals surface area contributed by atoms with E-state index in [1.807, 2.05) is 0 Å². The lowest BCUT2D eigenvalue weighted by molar-refractivity contribution is -0.207. The summed E-state index contributed by atoms with van der Waals surface area (Å²) in [5.74, 6) is -4.79. The summed E-state index contributed by atoms with van der Waals surface area (Å²) < 4.78 is 16.0. The molecule has 5 atom stereocenters. The first kappa shape index (κ1) is 24.7. The second-order valence-electron chi connectivity index (χ2n) is 8.81. The van der Waals surface area contributed by atoms with Crippen molar-refractivity contribution in [1.29, 1.82) is 5.39 Å². The predicted molar refractivity (Wildman–Crippen MR) is 117 cm³/mol. The van der Waals surface area contributed by atoms with Crippen molar-refractivity contribution in [2.24, 2.45) is 0 Å². The maximum absolute atomic E-state index is 13.7. The summed E-state index contributed by atoms with van der Waals surface area (Å²) in [7, 11) is 0. The Morgan fingerprint density at radius 1 is 0.972 bits per heavy atom. The van der Waals surface area contributed by atoms with Crippen molar-refractivity contribution in [3.05, 3.63) is 56.6 Å². The van der Waals surface area contributed by atoms with E-state index in [2.05, 4.69) is 4.98 Å². The summed E-state index contributed by atoms with van der Waals surface area (Å²) in [6.07, 6.45) is -5.03. The Kier molecular flexibility index (Phi) is 5.76. The van der Waals surface area contributed by atoms with E-state index in [1.165, 1.54) is 18.2 Å². The lowest BCUT2D eigenvalue weighted by Crippen LogP contribution is -2.63. The van der Waals surface area contributed by atoms with E-state index < -0.39 is 65.2 Å². The van der Waals surface area contributed by atoms with Gasteiger partial charge in [0.05, 0.1) is 11.1 Å². The first-order valence-electron chi connectivity index (χ1n) is 10.8. The van der Waals surface area contributed by atoms with Crippen LogP contribution in [0.5, 0.6) is 5.75 Å². The van der Waals surface area contributed by atoms with Crippen LogP contribution in [0.25, 0.3) is 4.98 Å². The molecule has 0 saturated carbocycles. The summed E-state index contributed by atoms with van der Waals surface area (Å²) in [6.45, 7) is 4.25. The average molecular weight is 497 g/mol. The number of rotatable bonds is 3. The van der Waals surface area contributed by atoms with Crippen LogP contribution in [0.2, 0.25) is 0 Å². The van der Waals surface area contributed by atoms with Gasteiger partial charge in [-0.2, -0.15) is 0 Å². The maximum Gasteiger partial charge on any atom is 0.369 e. The largest absolute Gasteiger partial charge is 0.507 e. The van der Waals surface area contributed by atoms with E-state index in [4.69, 9.17) is 14.2 Å². The van der Waals surface area contributed by atoms with E-state index in [0.717, 1.165) is 27.7 Å². The van der Waals surface area contributed by atoms with E-state index in [-0.39, 0.29) is 33.4 Å². The fourth-order valence-electron chi connectivity index (χ4n) is 5.09. The Balaban J connectivity index is 2.07. The zero-order valence-electron chi connectivity index (χ0n) is 19.6. The van der Waals surface area contributed by atoms with E-state index in [9.17, 15) is 39.6 Å². The molecule has 36 heavy (non-hydrogen) atoms. The van der Waals surface area contributed by atoms with Crippen molar-refractivity contribution in [2.45, 2.75) is 57.6 Å². The van der Waals surface area contributed by atoms with Crippen LogP contribution >= 0.6 is 0 Å². The lowest BCUT2D eigenvalue weighted by Gasteiger charge is -2.45. The summed E-state index contributed by atoms with van der Waals surface area (Å²) in [4.78, 5) is 66.5. The van der Waals surface area contributed by atoms with Gasteiger partial charge in [0, 0.05) is 37.5 Å². The molecule has 0 radical (unpaired) electrons. The zero-order valence-corrected chi connectivity index (χ0v) is 19.6. The number of aromatic hydroxyl groups is 1. The molecule has 3 aliphatic carbocycles. The van der Waals surface area contributed by atoms with Crippen molar-refractivity contribution < 1.29 is 48.4 Å². The molecular weight excluding hydrogens is 476 g/mol. The van der Waals surface area contributed by atoms with Gasteiger partial charge in [0.25, 0.3) is 0 Å². The van der Waals surface area contributed by atoms with Crippen molar-refractivity contribution in [2.75, 3.05) is 0 Å². The highest BCUT2D eigenvalue weighted by Crippen LogP contribution is 2.52. The molecule has 3 aliphatic rings. The Hall–Kier alpha value is -4.37. The Morgan fingerprint density at radius 3 is 2.14 bits per heavy atom. The second-order valence-corrected chi connectivity index (χ2v) is 8.81. The number of carbonyl (C=O) groups excluding carboxylic acids is 5. The number of esters is 3. The molecule has 0 saturated heterocycles. The summed E-state index contributed by atoms with van der Waals surface area (Å²) in [6, 6.07) is 2.22. The third kappa shape index (κ3) is 3.47. The molecule has 186 valence electrons. The molecule has 1 unspecified atom stereocenters. The fraction of sp³-hybridized carbons (Fsp3) is 0.375. The van der Waals surface area contributed by atoms with Gasteiger partial charge in [-0.05, 0) is 13.0 Å². The highest BCUT2D eigenvalue weighted by Gasteiger charge is 2.66. The van der Waals surface area contributed by atoms with Crippen molar-refractivity contribution >= 4 is 29.5 Å². The topological polar surface area (TPSA) is 182 Å². The number of aliphatic hydroxyl groups is 1. The maximum atomic E-state index is 13.7. The Morgan fingerprint density at radius 2 is 1.58 bits per heavy atom. The zero-order chi connectivity index (χ0) is 26.7. The molecular formula is C24H21N2O10+. The third-order valence-corrected chi connectivity index (χ3v) is 6.34. The van der Waals surface area contributed by atoms with E-state index >= 15 is 0 Å². The Labute approximate surface area is 203 Å².